The number of carbonyl (C=O) groups is 2. The van der Waals surface area contributed by atoms with Crippen LogP contribution in [0.4, 0.5) is 15.4 Å². The van der Waals surface area contributed by atoms with Crippen LogP contribution in [0.15, 0.2) is 18.3 Å². The number of pyridine rings is 1. The van der Waals surface area contributed by atoms with E-state index in [2.05, 4.69) is 4.98 Å². The molecule has 30 heavy (non-hydrogen) atoms. The third kappa shape index (κ3) is 6.09. The molecular weight excluding hydrogens is 382 g/mol. The zero-order valence-corrected chi connectivity index (χ0v) is 19.7. The summed E-state index contributed by atoms with van der Waals surface area (Å²) in [5, 5.41) is 0. The maximum Gasteiger partial charge on any atom is 0.416 e. The first kappa shape index (κ1) is 24.0. The number of carbonyl (C=O) groups excluding carboxylic acids is 2. The predicted molar refractivity (Wildman–Crippen MR) is 118 cm³/mol. The van der Waals surface area contributed by atoms with Crippen molar-refractivity contribution >= 4 is 18.0 Å². The molecule has 1 aromatic rings. The second kappa shape index (κ2) is 9.23. The zero-order chi connectivity index (χ0) is 22.7. The van der Waals surface area contributed by atoms with Crippen LogP contribution in [0, 0.1) is 0 Å². The molecule has 7 heteroatoms. The van der Waals surface area contributed by atoms with Gasteiger partial charge in [-0.25, -0.2) is 14.6 Å². The van der Waals surface area contributed by atoms with Gasteiger partial charge in [0.25, 0.3) is 0 Å². The van der Waals surface area contributed by atoms with Gasteiger partial charge < -0.3 is 14.4 Å². The van der Waals surface area contributed by atoms with Gasteiger partial charge in [0, 0.05) is 24.3 Å². The van der Waals surface area contributed by atoms with Crippen LogP contribution in [0.25, 0.3) is 0 Å². The Hall–Kier alpha value is -2.31. The highest BCUT2D eigenvalue weighted by molar-refractivity contribution is 5.88. The lowest BCUT2D eigenvalue weighted by atomic mass is 10.0. The Morgan fingerprint density at radius 3 is 2.40 bits per heavy atom. The number of nitrogens with zero attached hydrogens (tertiary/aromatic N) is 3. The van der Waals surface area contributed by atoms with Crippen LogP contribution in [0.5, 0.6) is 0 Å². The van der Waals surface area contributed by atoms with Crippen molar-refractivity contribution in [1.82, 2.24) is 9.88 Å². The highest BCUT2D eigenvalue weighted by Crippen LogP contribution is 2.38. The van der Waals surface area contributed by atoms with Crippen molar-refractivity contribution in [1.29, 1.82) is 0 Å². The fourth-order valence-electron chi connectivity index (χ4n) is 3.47. The topological polar surface area (TPSA) is 72.0 Å². The van der Waals surface area contributed by atoms with Gasteiger partial charge in [-0.1, -0.05) is 13.0 Å². The Bertz CT molecular complexity index is 752. The third-order valence-corrected chi connectivity index (χ3v) is 4.91. The van der Waals surface area contributed by atoms with Crippen molar-refractivity contribution < 1.29 is 19.1 Å². The fraction of sp³-hybridized carbons (Fsp3) is 0.696. The smallest absolute Gasteiger partial charge is 0.416 e. The summed E-state index contributed by atoms with van der Waals surface area (Å²) in [7, 11) is 0. The first-order valence-corrected chi connectivity index (χ1v) is 10.8. The van der Waals surface area contributed by atoms with Gasteiger partial charge in [0.2, 0.25) is 0 Å². The molecule has 0 N–H and O–H groups in total. The van der Waals surface area contributed by atoms with Gasteiger partial charge in [-0.15, -0.1) is 0 Å². The first-order valence-electron chi connectivity index (χ1n) is 10.8. The Labute approximate surface area is 180 Å². The number of likely N-dealkylation sites (tertiary alicyclic amines) is 1. The van der Waals surface area contributed by atoms with Crippen molar-refractivity contribution in [3.8, 4) is 0 Å². The number of hydrogen-bond acceptors (Lipinski definition) is 5. The van der Waals surface area contributed by atoms with Gasteiger partial charge in [0.1, 0.15) is 17.0 Å². The monoisotopic (exact) mass is 419 g/mol. The van der Waals surface area contributed by atoms with E-state index in [0.29, 0.717) is 12.4 Å². The van der Waals surface area contributed by atoms with Gasteiger partial charge in [-0.2, -0.15) is 0 Å². The van der Waals surface area contributed by atoms with Crippen LogP contribution in [0.3, 0.4) is 0 Å². The van der Waals surface area contributed by atoms with Crippen molar-refractivity contribution in [2.75, 3.05) is 11.4 Å². The molecular formula is C23H37N3O4. The van der Waals surface area contributed by atoms with Crippen LogP contribution in [0.2, 0.25) is 0 Å². The fourth-order valence-corrected chi connectivity index (χ4v) is 3.47. The average molecular weight is 420 g/mol. The minimum absolute atomic E-state index is 0.107. The summed E-state index contributed by atoms with van der Waals surface area (Å²) in [6, 6.07) is 3.48. The molecule has 1 saturated heterocycles. The number of ether oxygens (including phenoxy) is 2. The van der Waals surface area contributed by atoms with Crippen molar-refractivity contribution in [3.63, 3.8) is 0 Å². The molecule has 1 aromatic heterocycles. The van der Waals surface area contributed by atoms with E-state index in [1.165, 1.54) is 0 Å². The number of hydrogen-bond donors (Lipinski definition) is 0. The molecule has 0 aliphatic carbocycles. The highest BCUT2D eigenvalue weighted by atomic mass is 16.6. The molecule has 1 aliphatic heterocycles. The van der Waals surface area contributed by atoms with E-state index in [1.807, 2.05) is 67.5 Å². The SMILES string of the molecule is CC[C@@H](C)N(C(=O)OC(C)(C)C)c1ncccc1[C@@H]1CCCN1C(=O)OC(C)(C)C. The van der Waals surface area contributed by atoms with Gasteiger partial charge in [-0.05, 0) is 73.8 Å². The lowest BCUT2D eigenvalue weighted by molar-refractivity contribution is 0.0224. The molecule has 0 saturated carbocycles. The molecule has 1 fully saturated rings. The largest absolute Gasteiger partial charge is 0.444 e. The second-order valence-electron chi connectivity index (χ2n) is 9.86. The van der Waals surface area contributed by atoms with E-state index in [4.69, 9.17) is 9.47 Å². The summed E-state index contributed by atoms with van der Waals surface area (Å²) in [5.74, 6) is 0.543. The molecule has 0 radical (unpaired) electrons. The Morgan fingerprint density at radius 2 is 1.83 bits per heavy atom. The van der Waals surface area contributed by atoms with Crippen molar-refractivity contribution in [2.24, 2.45) is 0 Å². The van der Waals surface area contributed by atoms with Gasteiger partial charge >= 0.3 is 12.2 Å². The Balaban J connectivity index is 2.43. The normalized spacial score (nSPS) is 18.1. The van der Waals surface area contributed by atoms with Crippen LogP contribution in [0.1, 0.15) is 86.3 Å². The van der Waals surface area contributed by atoms with Gasteiger partial charge in [0.05, 0.1) is 6.04 Å². The molecule has 168 valence electrons. The number of anilines is 1. The van der Waals surface area contributed by atoms with Crippen molar-refractivity contribution in [2.45, 2.75) is 97.9 Å². The molecule has 2 amide bonds. The lowest BCUT2D eigenvalue weighted by Gasteiger charge is -2.34. The molecule has 2 atom stereocenters. The molecule has 0 unspecified atom stereocenters. The summed E-state index contributed by atoms with van der Waals surface area (Å²) in [6.07, 6.45) is 3.31. The molecule has 0 aromatic carbocycles. The Morgan fingerprint density at radius 1 is 1.20 bits per heavy atom. The van der Waals surface area contributed by atoms with Crippen LogP contribution >= 0.6 is 0 Å². The quantitative estimate of drug-likeness (QED) is 0.626. The van der Waals surface area contributed by atoms with Crippen LogP contribution in [-0.2, 0) is 9.47 Å². The third-order valence-electron chi connectivity index (χ3n) is 4.91. The average Bonchev–Trinajstić information content (AvgIpc) is 3.09. The highest BCUT2D eigenvalue weighted by Gasteiger charge is 2.37. The summed E-state index contributed by atoms with van der Waals surface area (Å²) in [5.41, 5.74) is -0.346. The van der Waals surface area contributed by atoms with E-state index in [9.17, 15) is 9.59 Å². The maximum absolute atomic E-state index is 13.1. The Kier molecular flexibility index (Phi) is 7.37. The van der Waals surface area contributed by atoms with Crippen LogP contribution in [-0.4, -0.2) is 45.9 Å². The molecule has 2 heterocycles. The van der Waals surface area contributed by atoms with E-state index in [0.717, 1.165) is 24.8 Å². The maximum atomic E-state index is 13.1. The number of amides is 2. The molecule has 0 bridgehead atoms. The summed E-state index contributed by atoms with van der Waals surface area (Å²) < 4.78 is 11.3. The first-order chi connectivity index (χ1) is 13.8. The van der Waals surface area contributed by atoms with E-state index >= 15 is 0 Å². The second-order valence-corrected chi connectivity index (χ2v) is 9.86. The van der Waals surface area contributed by atoms with Crippen LogP contribution < -0.4 is 4.90 Å². The van der Waals surface area contributed by atoms with Gasteiger partial charge in [0.15, 0.2) is 0 Å². The molecule has 0 spiro atoms. The summed E-state index contributed by atoms with van der Waals surface area (Å²) >= 11 is 0. The minimum Gasteiger partial charge on any atom is -0.444 e. The summed E-state index contributed by atoms with van der Waals surface area (Å²) in [4.78, 5) is 33.8. The summed E-state index contributed by atoms with van der Waals surface area (Å²) in [6.45, 7) is 15.7. The van der Waals surface area contributed by atoms with Gasteiger partial charge in [-0.3, -0.25) is 4.90 Å². The number of aromatic nitrogens is 1. The minimum atomic E-state index is -0.617. The predicted octanol–water partition coefficient (Wildman–Crippen LogP) is 5.69. The van der Waals surface area contributed by atoms with E-state index < -0.39 is 17.3 Å². The van der Waals surface area contributed by atoms with E-state index in [1.54, 1.807) is 16.0 Å². The zero-order valence-electron chi connectivity index (χ0n) is 19.7. The van der Waals surface area contributed by atoms with E-state index in [-0.39, 0.29) is 18.2 Å². The standard InChI is InChI=1S/C23H37N3O4/c1-9-16(2)26(21(28)30-23(6,7)8)19-17(12-10-14-24-19)18-13-11-15-25(18)20(27)29-22(3,4)5/h10,12,14,16,18H,9,11,13,15H2,1-8H3/t16-,18+/m1/s1. The molecule has 7 nitrogen and oxygen atoms in total. The molecule has 1 aliphatic rings. The van der Waals surface area contributed by atoms with Crippen molar-refractivity contribution in [3.05, 3.63) is 23.9 Å². The number of rotatable bonds is 4. The lowest BCUT2D eigenvalue weighted by Crippen LogP contribution is -2.44. The molecule has 2 rings (SSSR count).